The highest BCUT2D eigenvalue weighted by molar-refractivity contribution is 7.93. The fraction of sp³-hybridized carbons (Fsp3) is 0.118. The van der Waals surface area contributed by atoms with Crippen molar-refractivity contribution < 1.29 is 26.3 Å². The number of hydrogen-bond donors (Lipinski definition) is 1. The molecule has 26 heavy (non-hydrogen) atoms. The molecule has 0 radical (unpaired) electrons. The molecule has 2 aromatic carbocycles. The Balaban J connectivity index is 2.09. The molecule has 0 spiro atoms. The van der Waals surface area contributed by atoms with Gasteiger partial charge in [0.25, 0.3) is 10.0 Å². The number of rotatable bonds is 5. The largest absolute Gasteiger partial charge is 0.492 e. The van der Waals surface area contributed by atoms with E-state index >= 15 is 0 Å². The van der Waals surface area contributed by atoms with Crippen molar-refractivity contribution >= 4 is 26.6 Å². The highest BCUT2D eigenvalue weighted by Crippen LogP contribution is 2.31. The molecule has 0 atom stereocenters. The lowest BCUT2D eigenvalue weighted by molar-refractivity contribution is 0.343. The number of fused-ring (bicyclic) bond motifs is 1. The third-order valence-corrected chi connectivity index (χ3v) is 4.96. The Bertz CT molecular complexity index is 1060. The van der Waals surface area contributed by atoms with E-state index in [0.717, 1.165) is 0 Å². The van der Waals surface area contributed by atoms with Gasteiger partial charge in [-0.05, 0) is 31.2 Å². The zero-order valence-electron chi connectivity index (χ0n) is 13.5. The average Bonchev–Trinajstić information content (AvgIpc) is 2.59. The van der Waals surface area contributed by atoms with Crippen molar-refractivity contribution in [1.82, 2.24) is 4.98 Å². The van der Waals surface area contributed by atoms with Crippen molar-refractivity contribution in [2.24, 2.45) is 0 Å². The first-order valence-electron chi connectivity index (χ1n) is 7.51. The van der Waals surface area contributed by atoms with Gasteiger partial charge in [0, 0.05) is 23.7 Å². The molecule has 0 unspecified atom stereocenters. The second-order valence-corrected chi connectivity index (χ2v) is 6.90. The van der Waals surface area contributed by atoms with Crippen molar-refractivity contribution in [3.8, 4) is 5.75 Å². The maximum atomic E-state index is 13.3. The molecule has 5 nitrogen and oxygen atoms in total. The van der Waals surface area contributed by atoms with Crippen molar-refractivity contribution in [3.63, 3.8) is 0 Å². The zero-order chi connectivity index (χ0) is 18.9. The van der Waals surface area contributed by atoms with Gasteiger partial charge in [-0.3, -0.25) is 9.71 Å². The van der Waals surface area contributed by atoms with E-state index in [2.05, 4.69) is 4.98 Å². The third kappa shape index (κ3) is 3.30. The third-order valence-electron chi connectivity index (χ3n) is 3.52. The Labute approximate surface area is 147 Å². The van der Waals surface area contributed by atoms with Crippen molar-refractivity contribution in [3.05, 3.63) is 60.0 Å². The first-order valence-corrected chi connectivity index (χ1v) is 8.99. The topological polar surface area (TPSA) is 68.3 Å². The number of nitrogens with one attached hydrogen (secondary N) is 1. The zero-order valence-corrected chi connectivity index (χ0v) is 14.3. The van der Waals surface area contributed by atoms with E-state index in [1.165, 1.54) is 24.4 Å². The van der Waals surface area contributed by atoms with E-state index in [-0.39, 0.29) is 10.3 Å². The monoisotopic (exact) mass is 382 g/mol. The number of pyridine rings is 1. The van der Waals surface area contributed by atoms with E-state index < -0.39 is 33.2 Å². The van der Waals surface area contributed by atoms with E-state index in [9.17, 15) is 21.6 Å². The molecule has 0 bridgehead atoms. The Hall–Kier alpha value is -2.81. The smallest absolute Gasteiger partial charge is 0.262 e. The molecular formula is C17H13F3N2O3S. The lowest BCUT2D eigenvalue weighted by Gasteiger charge is -2.13. The molecule has 0 aliphatic carbocycles. The summed E-state index contributed by atoms with van der Waals surface area (Å²) in [7, 11) is -4.22. The minimum Gasteiger partial charge on any atom is -0.492 e. The molecule has 1 heterocycles. The maximum absolute atomic E-state index is 13.3. The van der Waals surface area contributed by atoms with Gasteiger partial charge >= 0.3 is 0 Å². The molecule has 1 N–H and O–H groups in total. The van der Waals surface area contributed by atoms with Crippen LogP contribution in [-0.4, -0.2) is 20.0 Å². The predicted molar refractivity (Wildman–Crippen MR) is 90.0 cm³/mol. The first kappa shape index (κ1) is 18.0. The van der Waals surface area contributed by atoms with Gasteiger partial charge in [0.1, 0.15) is 11.3 Å². The van der Waals surface area contributed by atoms with E-state index in [4.69, 9.17) is 4.74 Å². The highest BCUT2D eigenvalue weighted by atomic mass is 32.2. The number of aromatic nitrogens is 1. The van der Waals surface area contributed by atoms with Crippen molar-refractivity contribution in [1.29, 1.82) is 0 Å². The summed E-state index contributed by atoms with van der Waals surface area (Å²) >= 11 is 0. The maximum Gasteiger partial charge on any atom is 0.262 e. The highest BCUT2D eigenvalue weighted by Gasteiger charge is 2.21. The molecule has 136 valence electrons. The Morgan fingerprint density at radius 3 is 2.46 bits per heavy atom. The summed E-state index contributed by atoms with van der Waals surface area (Å²) in [6.45, 7) is 2.14. The lowest BCUT2D eigenvalue weighted by atomic mass is 10.2. The predicted octanol–water partition coefficient (Wildman–Crippen LogP) is 3.85. The van der Waals surface area contributed by atoms with Crippen LogP contribution in [0.4, 0.5) is 18.9 Å². The summed E-state index contributed by atoms with van der Waals surface area (Å²) in [6, 6.07) is 6.95. The van der Waals surface area contributed by atoms with Gasteiger partial charge in [-0.2, -0.15) is 0 Å². The Kier molecular flexibility index (Phi) is 4.73. The molecular weight excluding hydrogens is 369 g/mol. The van der Waals surface area contributed by atoms with Gasteiger partial charge < -0.3 is 4.74 Å². The molecule has 0 saturated carbocycles. The fourth-order valence-electron chi connectivity index (χ4n) is 2.45. The summed E-state index contributed by atoms with van der Waals surface area (Å²) in [5, 5.41) is 0.272. The van der Waals surface area contributed by atoms with Crippen LogP contribution in [-0.2, 0) is 10.0 Å². The van der Waals surface area contributed by atoms with Crippen LogP contribution in [0.2, 0.25) is 0 Å². The summed E-state index contributed by atoms with van der Waals surface area (Å²) in [4.78, 5) is 3.98. The van der Waals surface area contributed by atoms with Gasteiger partial charge in [-0.15, -0.1) is 0 Å². The first-order chi connectivity index (χ1) is 12.3. The van der Waals surface area contributed by atoms with Crippen LogP contribution >= 0.6 is 0 Å². The van der Waals surface area contributed by atoms with Crippen LogP contribution in [0, 0.1) is 17.5 Å². The van der Waals surface area contributed by atoms with Gasteiger partial charge in [0.15, 0.2) is 17.5 Å². The number of halogens is 3. The summed E-state index contributed by atoms with van der Waals surface area (Å²) in [6.07, 6.45) is 1.49. The molecule has 3 rings (SSSR count). The van der Waals surface area contributed by atoms with E-state index in [0.29, 0.717) is 30.0 Å². The number of ether oxygens (including phenoxy) is 1. The molecule has 0 aliphatic heterocycles. The van der Waals surface area contributed by atoms with Crippen LogP contribution < -0.4 is 9.46 Å². The minimum absolute atomic E-state index is 0.158. The van der Waals surface area contributed by atoms with E-state index in [1.54, 1.807) is 13.0 Å². The fourth-order valence-corrected chi connectivity index (χ4v) is 3.69. The van der Waals surface area contributed by atoms with Crippen LogP contribution in [0.25, 0.3) is 10.9 Å². The number of benzene rings is 2. The van der Waals surface area contributed by atoms with Crippen molar-refractivity contribution in [2.45, 2.75) is 11.8 Å². The summed E-state index contributed by atoms with van der Waals surface area (Å²) < 4.78 is 72.5. The molecule has 1 aromatic heterocycles. The van der Waals surface area contributed by atoms with E-state index in [1.807, 2.05) is 4.72 Å². The number of nitrogens with zero attached hydrogens (tertiary/aromatic N) is 1. The number of anilines is 1. The van der Waals surface area contributed by atoms with Crippen LogP contribution in [0.1, 0.15) is 6.92 Å². The lowest BCUT2D eigenvalue weighted by Crippen LogP contribution is -2.14. The van der Waals surface area contributed by atoms with Gasteiger partial charge in [-0.1, -0.05) is 0 Å². The number of hydrogen-bond acceptors (Lipinski definition) is 4. The van der Waals surface area contributed by atoms with Gasteiger partial charge in [0.05, 0.1) is 17.2 Å². The molecule has 9 heteroatoms. The summed E-state index contributed by atoms with van der Waals surface area (Å²) in [5.74, 6) is -4.27. The molecule has 0 fully saturated rings. The Morgan fingerprint density at radius 1 is 1.12 bits per heavy atom. The SMILES string of the molecule is CCOc1ccc(S(=O)(=O)Nc2cc(F)c(F)c(F)c2)c2cccnc12. The Morgan fingerprint density at radius 2 is 1.81 bits per heavy atom. The quantitative estimate of drug-likeness (QED) is 0.681. The molecule has 0 amide bonds. The van der Waals surface area contributed by atoms with Crippen LogP contribution in [0.15, 0.2) is 47.5 Å². The standard InChI is InChI=1S/C17H13F3N2O3S/c1-2-25-14-5-6-15(11-4-3-7-21-17(11)14)26(23,24)22-10-8-12(18)16(20)13(19)9-10/h3-9,22H,2H2,1H3. The molecule has 0 saturated heterocycles. The van der Waals surface area contributed by atoms with Gasteiger partial charge in [-0.25, -0.2) is 21.6 Å². The average molecular weight is 382 g/mol. The van der Waals surface area contributed by atoms with Crippen LogP contribution in [0.3, 0.4) is 0 Å². The summed E-state index contributed by atoms with van der Waals surface area (Å²) in [5.41, 5.74) is -0.110. The van der Waals surface area contributed by atoms with Gasteiger partial charge in [0.2, 0.25) is 0 Å². The molecule has 3 aromatic rings. The van der Waals surface area contributed by atoms with Crippen molar-refractivity contribution in [2.75, 3.05) is 11.3 Å². The second kappa shape index (κ2) is 6.83. The minimum atomic E-state index is -4.22. The van der Waals surface area contributed by atoms with Crippen LogP contribution in [0.5, 0.6) is 5.75 Å². The second-order valence-electron chi connectivity index (χ2n) is 5.25. The normalized spacial score (nSPS) is 11.5. The number of sulfonamides is 1. The molecule has 0 aliphatic rings.